The van der Waals surface area contributed by atoms with Crippen molar-refractivity contribution in [3.05, 3.63) is 58.7 Å². The lowest BCUT2D eigenvalue weighted by Crippen LogP contribution is -2.37. The van der Waals surface area contributed by atoms with Crippen LogP contribution in [-0.4, -0.2) is 50.5 Å². The molecule has 2 aromatic carbocycles. The van der Waals surface area contributed by atoms with Gasteiger partial charge in [-0.2, -0.15) is 0 Å². The minimum Gasteiger partial charge on any atom is -0.497 e. The summed E-state index contributed by atoms with van der Waals surface area (Å²) in [4.78, 5) is 47.7. The van der Waals surface area contributed by atoms with Crippen LogP contribution in [-0.2, 0) is 19.1 Å². The second-order valence-electron chi connectivity index (χ2n) is 7.17. The first kappa shape index (κ1) is 24.4. The highest BCUT2D eigenvalue weighted by molar-refractivity contribution is 5.97. The summed E-state index contributed by atoms with van der Waals surface area (Å²) in [5.41, 5.74) is 3.99. The third-order valence-corrected chi connectivity index (χ3v) is 4.50. The molecule has 9 heteroatoms. The Hall–Kier alpha value is -3.88. The SMILES string of the molecule is COc1ccc(C(=O)NCC(=O)OCC(=O)NCC(=O)Nc2c(C)cc(C)cc2C)cc1. The number of carbonyl (C=O) groups is 4. The zero-order valence-electron chi connectivity index (χ0n) is 18.5. The lowest BCUT2D eigenvalue weighted by Gasteiger charge is -2.13. The van der Waals surface area contributed by atoms with Crippen LogP contribution in [0.2, 0.25) is 0 Å². The number of esters is 1. The summed E-state index contributed by atoms with van der Waals surface area (Å²) >= 11 is 0. The Morgan fingerprint density at radius 2 is 1.47 bits per heavy atom. The smallest absolute Gasteiger partial charge is 0.325 e. The van der Waals surface area contributed by atoms with Gasteiger partial charge in [-0.3, -0.25) is 19.2 Å². The molecular formula is C23H27N3O6. The third-order valence-electron chi connectivity index (χ3n) is 4.50. The van der Waals surface area contributed by atoms with Gasteiger partial charge in [0.15, 0.2) is 6.61 Å². The van der Waals surface area contributed by atoms with Crippen molar-refractivity contribution in [1.29, 1.82) is 0 Å². The van der Waals surface area contributed by atoms with Crippen molar-refractivity contribution in [3.63, 3.8) is 0 Å². The van der Waals surface area contributed by atoms with Crippen LogP contribution in [0.15, 0.2) is 36.4 Å². The van der Waals surface area contributed by atoms with Crippen molar-refractivity contribution in [2.45, 2.75) is 20.8 Å². The number of nitrogens with one attached hydrogen (secondary N) is 3. The molecule has 0 aromatic heterocycles. The van der Waals surface area contributed by atoms with E-state index in [0.29, 0.717) is 17.0 Å². The van der Waals surface area contributed by atoms with Crippen molar-refractivity contribution >= 4 is 29.4 Å². The maximum absolute atomic E-state index is 12.1. The lowest BCUT2D eigenvalue weighted by atomic mass is 10.1. The molecule has 0 aliphatic rings. The summed E-state index contributed by atoms with van der Waals surface area (Å²) in [5, 5.41) is 7.55. The van der Waals surface area contributed by atoms with E-state index in [0.717, 1.165) is 16.7 Å². The average molecular weight is 441 g/mol. The maximum Gasteiger partial charge on any atom is 0.325 e. The minimum atomic E-state index is -0.780. The van der Waals surface area contributed by atoms with Crippen molar-refractivity contribution < 1.29 is 28.7 Å². The van der Waals surface area contributed by atoms with Gasteiger partial charge in [0.1, 0.15) is 12.3 Å². The summed E-state index contributed by atoms with van der Waals surface area (Å²) in [6.45, 7) is 4.52. The molecule has 0 fully saturated rings. The first-order chi connectivity index (χ1) is 15.2. The molecule has 0 saturated heterocycles. The van der Waals surface area contributed by atoms with Gasteiger partial charge in [-0.1, -0.05) is 17.7 Å². The molecule has 0 spiro atoms. The van der Waals surface area contributed by atoms with E-state index in [1.54, 1.807) is 24.3 Å². The van der Waals surface area contributed by atoms with Crippen molar-refractivity contribution in [2.75, 3.05) is 32.1 Å². The predicted octanol–water partition coefficient (Wildman–Crippen LogP) is 1.65. The molecule has 0 aliphatic carbocycles. The molecule has 9 nitrogen and oxygen atoms in total. The van der Waals surface area contributed by atoms with Gasteiger partial charge in [-0.25, -0.2) is 0 Å². The number of methoxy groups -OCH3 is 1. The Labute approximate surface area is 186 Å². The number of anilines is 1. The Morgan fingerprint density at radius 3 is 2.06 bits per heavy atom. The van der Waals surface area contributed by atoms with Gasteiger partial charge in [0, 0.05) is 11.3 Å². The van der Waals surface area contributed by atoms with E-state index in [4.69, 9.17) is 9.47 Å². The van der Waals surface area contributed by atoms with Crippen LogP contribution in [0.4, 0.5) is 5.69 Å². The highest BCUT2D eigenvalue weighted by atomic mass is 16.5. The van der Waals surface area contributed by atoms with Crippen molar-refractivity contribution in [3.8, 4) is 5.75 Å². The number of carbonyl (C=O) groups excluding carboxylic acids is 4. The van der Waals surface area contributed by atoms with Crippen molar-refractivity contribution in [2.24, 2.45) is 0 Å². The normalized spacial score (nSPS) is 10.1. The van der Waals surface area contributed by atoms with E-state index in [1.807, 2.05) is 32.9 Å². The Morgan fingerprint density at radius 1 is 0.844 bits per heavy atom. The lowest BCUT2D eigenvalue weighted by molar-refractivity contribution is -0.147. The third kappa shape index (κ3) is 7.42. The fraction of sp³-hybridized carbons (Fsp3) is 0.304. The minimum absolute atomic E-state index is 0.267. The number of amides is 3. The molecule has 0 unspecified atom stereocenters. The molecule has 3 amide bonds. The van der Waals surface area contributed by atoms with Gasteiger partial charge in [0.2, 0.25) is 5.91 Å². The fourth-order valence-electron chi connectivity index (χ4n) is 2.98. The number of benzene rings is 2. The number of ether oxygens (including phenoxy) is 2. The molecule has 0 heterocycles. The first-order valence-electron chi connectivity index (χ1n) is 9.92. The van der Waals surface area contributed by atoms with E-state index < -0.39 is 36.8 Å². The zero-order valence-corrected chi connectivity index (χ0v) is 18.5. The summed E-state index contributed by atoms with van der Waals surface area (Å²) in [5.74, 6) is -1.67. The van der Waals surface area contributed by atoms with E-state index in [-0.39, 0.29) is 6.54 Å². The molecule has 0 atom stereocenters. The predicted molar refractivity (Wildman–Crippen MR) is 119 cm³/mol. The Balaban J connectivity index is 1.69. The Bertz CT molecular complexity index is 978. The van der Waals surface area contributed by atoms with Gasteiger partial charge in [-0.05, 0) is 56.2 Å². The standard InChI is InChI=1S/C23H27N3O6/c1-14-9-15(2)22(16(3)10-14)26-19(27)11-24-20(28)13-32-21(29)12-25-23(30)17-5-7-18(31-4)8-6-17/h5-10H,11-13H2,1-4H3,(H,24,28)(H,25,30)(H,26,27). The summed E-state index contributed by atoms with van der Waals surface area (Å²) < 4.78 is 9.82. The topological polar surface area (TPSA) is 123 Å². The van der Waals surface area contributed by atoms with E-state index in [1.165, 1.54) is 7.11 Å². The van der Waals surface area contributed by atoms with Crippen LogP contribution in [0.25, 0.3) is 0 Å². The molecule has 0 radical (unpaired) electrons. The highest BCUT2D eigenvalue weighted by Crippen LogP contribution is 2.21. The molecule has 2 rings (SSSR count). The van der Waals surface area contributed by atoms with Gasteiger partial charge >= 0.3 is 5.97 Å². The van der Waals surface area contributed by atoms with Gasteiger partial charge in [-0.15, -0.1) is 0 Å². The number of hydrogen-bond acceptors (Lipinski definition) is 6. The fourth-order valence-corrected chi connectivity index (χ4v) is 2.98. The molecule has 3 N–H and O–H groups in total. The molecule has 0 aliphatic heterocycles. The van der Waals surface area contributed by atoms with Crippen LogP contribution >= 0.6 is 0 Å². The first-order valence-corrected chi connectivity index (χ1v) is 9.92. The van der Waals surface area contributed by atoms with Gasteiger partial charge in [0.25, 0.3) is 11.8 Å². The molecule has 32 heavy (non-hydrogen) atoms. The van der Waals surface area contributed by atoms with Crippen LogP contribution in [0.1, 0.15) is 27.0 Å². The Kier molecular flexibility index (Phi) is 8.76. The molecule has 2 aromatic rings. The molecule has 170 valence electrons. The van der Waals surface area contributed by atoms with Crippen molar-refractivity contribution in [1.82, 2.24) is 10.6 Å². The van der Waals surface area contributed by atoms with E-state index >= 15 is 0 Å². The average Bonchev–Trinajstić information content (AvgIpc) is 2.77. The summed E-state index contributed by atoms with van der Waals surface area (Å²) in [6.07, 6.45) is 0. The summed E-state index contributed by atoms with van der Waals surface area (Å²) in [7, 11) is 1.51. The van der Waals surface area contributed by atoms with Crippen LogP contribution in [0.3, 0.4) is 0 Å². The monoisotopic (exact) mass is 441 g/mol. The van der Waals surface area contributed by atoms with Crippen LogP contribution in [0.5, 0.6) is 5.75 Å². The zero-order chi connectivity index (χ0) is 23.7. The van der Waals surface area contributed by atoms with Crippen LogP contribution < -0.4 is 20.7 Å². The summed E-state index contributed by atoms with van der Waals surface area (Å²) in [6, 6.07) is 10.3. The van der Waals surface area contributed by atoms with Gasteiger partial charge < -0.3 is 25.4 Å². The molecular weight excluding hydrogens is 414 g/mol. The number of hydrogen-bond donors (Lipinski definition) is 3. The quantitative estimate of drug-likeness (QED) is 0.509. The molecule has 0 saturated carbocycles. The number of rotatable bonds is 9. The van der Waals surface area contributed by atoms with Gasteiger partial charge in [0.05, 0.1) is 13.7 Å². The second kappa shape index (κ2) is 11.5. The van der Waals surface area contributed by atoms with E-state index in [9.17, 15) is 19.2 Å². The van der Waals surface area contributed by atoms with Crippen LogP contribution in [0, 0.1) is 20.8 Å². The second-order valence-corrected chi connectivity index (χ2v) is 7.17. The maximum atomic E-state index is 12.1. The molecule has 0 bridgehead atoms. The van der Waals surface area contributed by atoms with E-state index in [2.05, 4.69) is 16.0 Å². The largest absolute Gasteiger partial charge is 0.497 e. The highest BCUT2D eigenvalue weighted by Gasteiger charge is 2.13. The number of aryl methyl sites for hydroxylation is 3.